The molecule has 0 saturated heterocycles. The summed E-state index contributed by atoms with van der Waals surface area (Å²) in [6.07, 6.45) is 4.69. The maximum atomic E-state index is 11.7. The summed E-state index contributed by atoms with van der Waals surface area (Å²) in [6, 6.07) is 10.8. The van der Waals surface area contributed by atoms with Crippen molar-refractivity contribution >= 4 is 11.9 Å². The van der Waals surface area contributed by atoms with E-state index in [0.717, 1.165) is 11.3 Å². The van der Waals surface area contributed by atoms with Gasteiger partial charge in [0, 0.05) is 7.11 Å². The van der Waals surface area contributed by atoms with Crippen molar-refractivity contribution in [1.82, 2.24) is 0 Å². The van der Waals surface area contributed by atoms with Gasteiger partial charge in [0.25, 0.3) is 0 Å². The smallest absolute Gasteiger partial charge is 0.221 e. The van der Waals surface area contributed by atoms with E-state index in [-0.39, 0.29) is 5.78 Å². The molecule has 0 unspecified atom stereocenters. The average Bonchev–Trinajstić information content (AvgIpc) is 3.00. The monoisotopic (exact) mass is 272 g/mol. The van der Waals surface area contributed by atoms with E-state index in [1.807, 2.05) is 24.3 Å². The van der Waals surface area contributed by atoms with Crippen LogP contribution in [0, 0.1) is 0 Å². The Morgan fingerprint density at radius 2 is 2.15 bits per heavy atom. The maximum Gasteiger partial charge on any atom is 0.221 e. The van der Waals surface area contributed by atoms with Crippen LogP contribution < -0.4 is 4.74 Å². The summed E-state index contributed by atoms with van der Waals surface area (Å²) in [4.78, 5) is 11.7. The molecule has 0 aliphatic rings. The second kappa shape index (κ2) is 7.31. The first-order valence-corrected chi connectivity index (χ1v) is 6.27. The highest BCUT2D eigenvalue weighted by atomic mass is 16.5. The van der Waals surface area contributed by atoms with Crippen molar-refractivity contribution in [3.8, 4) is 5.75 Å². The molecule has 2 rings (SSSR count). The quantitative estimate of drug-likeness (QED) is 0.441. The largest absolute Gasteiger partial charge is 0.491 e. The standard InChI is InChI=1S/C16H16O4/c1-18-10-11-19-14-5-2-4-13(12-14)7-8-15(17)16-6-3-9-20-16/h2-9,12H,10-11H2,1H3/b8-7+. The lowest BCUT2D eigenvalue weighted by Gasteiger charge is -2.05. The van der Waals surface area contributed by atoms with Crippen LogP contribution >= 0.6 is 0 Å². The fourth-order valence-corrected chi connectivity index (χ4v) is 1.62. The summed E-state index contributed by atoms with van der Waals surface area (Å²) in [6.45, 7) is 1.03. The summed E-state index contributed by atoms with van der Waals surface area (Å²) in [5.74, 6) is 0.907. The van der Waals surface area contributed by atoms with Crippen molar-refractivity contribution in [2.75, 3.05) is 20.3 Å². The highest BCUT2D eigenvalue weighted by Crippen LogP contribution is 2.15. The molecule has 4 heteroatoms. The predicted octanol–water partition coefficient (Wildman–Crippen LogP) is 3.20. The number of hydrogen-bond donors (Lipinski definition) is 0. The van der Waals surface area contributed by atoms with Crippen LogP contribution in [0.3, 0.4) is 0 Å². The SMILES string of the molecule is COCCOc1cccc(/C=C/C(=O)c2ccco2)c1. The van der Waals surface area contributed by atoms with Gasteiger partial charge in [-0.2, -0.15) is 0 Å². The van der Waals surface area contributed by atoms with Gasteiger partial charge in [0.1, 0.15) is 12.4 Å². The zero-order valence-corrected chi connectivity index (χ0v) is 11.2. The molecule has 0 aliphatic heterocycles. The molecule has 2 aromatic rings. The van der Waals surface area contributed by atoms with Gasteiger partial charge >= 0.3 is 0 Å². The summed E-state index contributed by atoms with van der Waals surface area (Å²) in [5.41, 5.74) is 0.889. The molecule has 0 bridgehead atoms. The van der Waals surface area contributed by atoms with Crippen LogP contribution in [0.2, 0.25) is 0 Å². The minimum absolute atomic E-state index is 0.166. The molecule has 104 valence electrons. The van der Waals surface area contributed by atoms with Gasteiger partial charge in [0.05, 0.1) is 12.9 Å². The Kier molecular flexibility index (Phi) is 5.15. The van der Waals surface area contributed by atoms with Gasteiger partial charge in [-0.05, 0) is 35.9 Å². The van der Waals surface area contributed by atoms with Crippen LogP contribution in [0.5, 0.6) is 5.75 Å². The van der Waals surface area contributed by atoms with E-state index < -0.39 is 0 Å². The first-order chi connectivity index (χ1) is 9.79. The number of carbonyl (C=O) groups is 1. The molecule has 0 spiro atoms. The molecule has 0 fully saturated rings. The second-order valence-electron chi connectivity index (χ2n) is 4.09. The Hall–Kier alpha value is -2.33. The van der Waals surface area contributed by atoms with Crippen molar-refractivity contribution < 1.29 is 18.7 Å². The molecule has 4 nitrogen and oxygen atoms in total. The van der Waals surface area contributed by atoms with Crippen LogP contribution in [-0.2, 0) is 4.74 Å². The molecular formula is C16H16O4. The molecular weight excluding hydrogens is 256 g/mol. The van der Waals surface area contributed by atoms with Gasteiger partial charge in [0.15, 0.2) is 5.76 Å². The predicted molar refractivity (Wildman–Crippen MR) is 75.9 cm³/mol. The van der Waals surface area contributed by atoms with Crippen LogP contribution in [-0.4, -0.2) is 26.1 Å². The molecule has 0 aliphatic carbocycles. The molecule has 0 saturated carbocycles. The van der Waals surface area contributed by atoms with E-state index in [1.54, 1.807) is 25.3 Å². The van der Waals surface area contributed by atoms with Crippen molar-refractivity contribution in [1.29, 1.82) is 0 Å². The number of furan rings is 1. The zero-order chi connectivity index (χ0) is 14.2. The van der Waals surface area contributed by atoms with Crippen LogP contribution in [0.25, 0.3) is 6.08 Å². The van der Waals surface area contributed by atoms with E-state index in [1.165, 1.54) is 12.3 Å². The van der Waals surface area contributed by atoms with E-state index in [4.69, 9.17) is 13.9 Å². The third-order valence-electron chi connectivity index (χ3n) is 2.61. The molecule has 0 atom stereocenters. The maximum absolute atomic E-state index is 11.7. The first kappa shape index (κ1) is 14.1. The van der Waals surface area contributed by atoms with E-state index in [9.17, 15) is 4.79 Å². The lowest BCUT2D eigenvalue weighted by atomic mass is 10.1. The molecule has 1 aromatic heterocycles. The fourth-order valence-electron chi connectivity index (χ4n) is 1.62. The van der Waals surface area contributed by atoms with Gasteiger partial charge in [-0.25, -0.2) is 0 Å². The number of methoxy groups -OCH3 is 1. The third-order valence-corrected chi connectivity index (χ3v) is 2.61. The molecule has 0 amide bonds. The van der Waals surface area contributed by atoms with E-state index in [2.05, 4.69) is 0 Å². The third kappa shape index (κ3) is 4.10. The summed E-state index contributed by atoms with van der Waals surface area (Å²) < 4.78 is 15.5. The molecule has 1 aromatic carbocycles. The molecule has 0 radical (unpaired) electrons. The van der Waals surface area contributed by atoms with Crippen LogP contribution in [0.1, 0.15) is 16.1 Å². The Morgan fingerprint density at radius 1 is 1.25 bits per heavy atom. The minimum Gasteiger partial charge on any atom is -0.491 e. The van der Waals surface area contributed by atoms with Crippen molar-refractivity contribution in [2.24, 2.45) is 0 Å². The van der Waals surface area contributed by atoms with Crippen LogP contribution in [0.15, 0.2) is 53.2 Å². The average molecular weight is 272 g/mol. The first-order valence-electron chi connectivity index (χ1n) is 6.27. The number of ether oxygens (including phenoxy) is 2. The fraction of sp³-hybridized carbons (Fsp3) is 0.188. The van der Waals surface area contributed by atoms with Gasteiger partial charge in [0.2, 0.25) is 5.78 Å². The lowest BCUT2D eigenvalue weighted by Crippen LogP contribution is -2.04. The van der Waals surface area contributed by atoms with Crippen molar-refractivity contribution in [3.63, 3.8) is 0 Å². The number of carbonyl (C=O) groups excluding carboxylic acids is 1. The zero-order valence-electron chi connectivity index (χ0n) is 11.2. The van der Waals surface area contributed by atoms with Crippen LogP contribution in [0.4, 0.5) is 0 Å². The number of ketones is 1. The summed E-state index contributed by atoms with van der Waals surface area (Å²) in [5, 5.41) is 0. The lowest BCUT2D eigenvalue weighted by molar-refractivity contribution is 0.102. The van der Waals surface area contributed by atoms with E-state index >= 15 is 0 Å². The Balaban J connectivity index is 1.98. The highest BCUT2D eigenvalue weighted by molar-refractivity contribution is 6.04. The molecule has 20 heavy (non-hydrogen) atoms. The Morgan fingerprint density at radius 3 is 2.90 bits per heavy atom. The van der Waals surface area contributed by atoms with Gasteiger partial charge < -0.3 is 13.9 Å². The van der Waals surface area contributed by atoms with Gasteiger partial charge in [-0.3, -0.25) is 4.79 Å². The van der Waals surface area contributed by atoms with Gasteiger partial charge in [-0.1, -0.05) is 18.2 Å². The summed E-state index contributed by atoms with van der Waals surface area (Å²) in [7, 11) is 1.63. The highest BCUT2D eigenvalue weighted by Gasteiger charge is 2.03. The topological polar surface area (TPSA) is 48.7 Å². The van der Waals surface area contributed by atoms with E-state index in [0.29, 0.717) is 19.0 Å². The Labute approximate surface area is 117 Å². The van der Waals surface area contributed by atoms with Gasteiger partial charge in [-0.15, -0.1) is 0 Å². The summed E-state index contributed by atoms with van der Waals surface area (Å²) >= 11 is 0. The van der Waals surface area contributed by atoms with Crippen molar-refractivity contribution in [2.45, 2.75) is 0 Å². The number of hydrogen-bond acceptors (Lipinski definition) is 4. The van der Waals surface area contributed by atoms with Crippen molar-refractivity contribution in [3.05, 3.63) is 60.1 Å². The number of allylic oxidation sites excluding steroid dienone is 1. The molecule has 1 heterocycles. The minimum atomic E-state index is -0.166. The second-order valence-corrected chi connectivity index (χ2v) is 4.09. The number of rotatable bonds is 7. The molecule has 0 N–H and O–H groups in total. The normalized spacial score (nSPS) is 10.8. The number of benzene rings is 1. The Bertz CT molecular complexity index is 570.